The molecule has 0 bridgehead atoms. The van der Waals surface area contributed by atoms with Crippen LogP contribution in [0.1, 0.15) is 12.5 Å². The van der Waals surface area contributed by atoms with E-state index in [4.69, 9.17) is 0 Å². The summed E-state index contributed by atoms with van der Waals surface area (Å²) >= 11 is 0. The normalized spacial score (nSPS) is 10.9. The summed E-state index contributed by atoms with van der Waals surface area (Å²) in [5, 5.41) is 1.18. The summed E-state index contributed by atoms with van der Waals surface area (Å²) in [5.41, 5.74) is 4.82. The van der Waals surface area contributed by atoms with Crippen LogP contribution < -0.4 is 0 Å². The van der Waals surface area contributed by atoms with Crippen LogP contribution in [0.2, 0.25) is 0 Å². The summed E-state index contributed by atoms with van der Waals surface area (Å²) in [4.78, 5) is 7.46. The van der Waals surface area contributed by atoms with Crippen LogP contribution in [0.25, 0.3) is 22.2 Å². The van der Waals surface area contributed by atoms with E-state index >= 15 is 0 Å². The van der Waals surface area contributed by atoms with Gasteiger partial charge in [0.25, 0.3) is 0 Å². The lowest BCUT2D eigenvalue weighted by molar-refractivity contribution is 1.14. The largest absolute Gasteiger partial charge is 0.346 e. The van der Waals surface area contributed by atoms with Crippen LogP contribution in [-0.4, -0.2) is 9.97 Å². The summed E-state index contributed by atoms with van der Waals surface area (Å²) in [6, 6.07) is 12.8. The van der Waals surface area contributed by atoms with Gasteiger partial charge in [0.15, 0.2) is 0 Å². The van der Waals surface area contributed by atoms with Gasteiger partial charge in [-0.05, 0) is 35.2 Å². The quantitative estimate of drug-likeness (QED) is 0.702. The third kappa shape index (κ3) is 1.72. The van der Waals surface area contributed by atoms with Crippen molar-refractivity contribution in [2.24, 2.45) is 0 Å². The summed E-state index contributed by atoms with van der Waals surface area (Å²) in [6.07, 6.45) is 4.85. The number of hydrogen-bond donors (Lipinski definition) is 1. The fourth-order valence-electron chi connectivity index (χ4n) is 2.17. The van der Waals surface area contributed by atoms with Gasteiger partial charge in [-0.3, -0.25) is 0 Å². The highest BCUT2D eigenvalue weighted by molar-refractivity contribution is 5.92. The fraction of sp³-hybridized carbons (Fsp3) is 0.133. The van der Waals surface area contributed by atoms with Crippen molar-refractivity contribution < 1.29 is 0 Å². The molecule has 2 heteroatoms. The van der Waals surface area contributed by atoms with Crippen LogP contribution in [0.3, 0.4) is 0 Å². The van der Waals surface area contributed by atoms with Crippen LogP contribution in [-0.2, 0) is 6.42 Å². The van der Waals surface area contributed by atoms with Gasteiger partial charge in [-0.15, -0.1) is 0 Å². The van der Waals surface area contributed by atoms with Gasteiger partial charge in [-0.2, -0.15) is 0 Å². The van der Waals surface area contributed by atoms with Crippen LogP contribution in [0.4, 0.5) is 0 Å². The van der Waals surface area contributed by atoms with Gasteiger partial charge in [0.05, 0.1) is 0 Å². The van der Waals surface area contributed by atoms with E-state index in [0.717, 1.165) is 12.1 Å². The molecule has 84 valence electrons. The number of benzene rings is 1. The molecule has 0 aliphatic carbocycles. The van der Waals surface area contributed by atoms with Gasteiger partial charge in [0, 0.05) is 17.8 Å². The first-order chi connectivity index (χ1) is 8.38. The van der Waals surface area contributed by atoms with Gasteiger partial charge in [0.1, 0.15) is 5.65 Å². The lowest BCUT2D eigenvalue weighted by atomic mass is 10.0. The summed E-state index contributed by atoms with van der Waals surface area (Å²) in [7, 11) is 0. The second-order valence-corrected chi connectivity index (χ2v) is 4.15. The molecular weight excluding hydrogens is 208 g/mol. The van der Waals surface area contributed by atoms with Crippen LogP contribution in [0, 0.1) is 0 Å². The Morgan fingerprint density at radius 1 is 1.18 bits per heavy atom. The molecule has 2 aromatic heterocycles. The minimum Gasteiger partial charge on any atom is -0.346 e. The summed E-state index contributed by atoms with van der Waals surface area (Å²) < 4.78 is 0. The maximum Gasteiger partial charge on any atom is 0.137 e. The van der Waals surface area contributed by atoms with Crippen LogP contribution in [0.15, 0.2) is 48.8 Å². The molecule has 0 saturated heterocycles. The van der Waals surface area contributed by atoms with E-state index < -0.39 is 0 Å². The lowest BCUT2D eigenvalue weighted by Crippen LogP contribution is -1.84. The Hall–Kier alpha value is -2.09. The van der Waals surface area contributed by atoms with E-state index in [1.807, 2.05) is 12.4 Å². The molecular formula is C15H14N2. The van der Waals surface area contributed by atoms with Crippen molar-refractivity contribution in [1.82, 2.24) is 9.97 Å². The maximum atomic E-state index is 4.31. The first-order valence-corrected chi connectivity index (χ1v) is 5.90. The Morgan fingerprint density at radius 2 is 2.12 bits per heavy atom. The molecule has 0 radical (unpaired) electrons. The third-order valence-corrected chi connectivity index (χ3v) is 3.11. The average molecular weight is 222 g/mol. The zero-order valence-electron chi connectivity index (χ0n) is 9.77. The zero-order valence-corrected chi connectivity index (χ0v) is 9.77. The van der Waals surface area contributed by atoms with E-state index in [9.17, 15) is 0 Å². The second-order valence-electron chi connectivity index (χ2n) is 4.15. The van der Waals surface area contributed by atoms with Crippen molar-refractivity contribution in [2.75, 3.05) is 0 Å². The Kier molecular flexibility index (Phi) is 2.41. The van der Waals surface area contributed by atoms with Crippen molar-refractivity contribution >= 4 is 11.0 Å². The molecule has 0 unspecified atom stereocenters. The van der Waals surface area contributed by atoms with E-state index in [-0.39, 0.29) is 0 Å². The number of nitrogens with one attached hydrogen (secondary N) is 1. The van der Waals surface area contributed by atoms with E-state index in [1.54, 1.807) is 0 Å². The van der Waals surface area contributed by atoms with Crippen LogP contribution in [0.5, 0.6) is 0 Å². The fourth-order valence-corrected chi connectivity index (χ4v) is 2.17. The van der Waals surface area contributed by atoms with E-state index in [1.165, 1.54) is 22.1 Å². The molecule has 3 aromatic rings. The number of rotatable bonds is 2. The van der Waals surface area contributed by atoms with E-state index in [2.05, 4.69) is 53.3 Å². The molecule has 2 nitrogen and oxygen atoms in total. The number of aromatic nitrogens is 2. The molecule has 0 saturated carbocycles. The highest BCUT2D eigenvalue weighted by atomic mass is 14.8. The second kappa shape index (κ2) is 4.06. The van der Waals surface area contributed by atoms with Gasteiger partial charge in [-0.1, -0.05) is 31.2 Å². The molecule has 1 N–H and O–H groups in total. The molecule has 0 spiro atoms. The van der Waals surface area contributed by atoms with Crippen molar-refractivity contribution in [3.05, 3.63) is 54.4 Å². The smallest absolute Gasteiger partial charge is 0.137 e. The number of hydrogen-bond acceptors (Lipinski definition) is 1. The predicted molar refractivity (Wildman–Crippen MR) is 70.9 cm³/mol. The summed E-state index contributed by atoms with van der Waals surface area (Å²) in [6.45, 7) is 2.18. The highest BCUT2D eigenvalue weighted by Gasteiger charge is 2.05. The number of fused-ring (bicyclic) bond motifs is 1. The Bertz CT molecular complexity index is 653. The Labute approximate surface area is 100 Å². The number of H-pyrrole nitrogens is 1. The van der Waals surface area contributed by atoms with Gasteiger partial charge < -0.3 is 4.98 Å². The lowest BCUT2D eigenvalue weighted by Gasteiger charge is -2.05. The molecule has 3 rings (SSSR count). The van der Waals surface area contributed by atoms with Gasteiger partial charge >= 0.3 is 0 Å². The first-order valence-electron chi connectivity index (χ1n) is 5.90. The summed E-state index contributed by atoms with van der Waals surface area (Å²) in [5.74, 6) is 0. The molecule has 1 aromatic carbocycles. The number of pyridine rings is 1. The van der Waals surface area contributed by atoms with E-state index in [0.29, 0.717) is 0 Å². The molecule has 0 atom stereocenters. The SMILES string of the molecule is CCc1cccc(-c2ccnc3[nH]ccc23)c1. The topological polar surface area (TPSA) is 28.7 Å². The minimum atomic E-state index is 0.949. The molecule has 0 aliphatic rings. The Morgan fingerprint density at radius 3 is 3.00 bits per heavy atom. The number of aryl methyl sites for hydroxylation is 1. The van der Waals surface area contributed by atoms with Crippen molar-refractivity contribution in [3.63, 3.8) is 0 Å². The zero-order chi connectivity index (χ0) is 11.7. The standard InChI is InChI=1S/C15H14N2/c1-2-11-4-3-5-12(10-11)13-6-8-16-15-14(13)7-9-17-15/h3-10H,2H2,1H3,(H,16,17). The van der Waals surface area contributed by atoms with Gasteiger partial charge in [-0.25, -0.2) is 4.98 Å². The molecule has 0 fully saturated rings. The molecule has 17 heavy (non-hydrogen) atoms. The molecule has 0 aliphatic heterocycles. The van der Waals surface area contributed by atoms with Crippen LogP contribution >= 0.6 is 0 Å². The number of nitrogens with zero attached hydrogens (tertiary/aromatic N) is 1. The Balaban J connectivity index is 2.23. The highest BCUT2D eigenvalue weighted by Crippen LogP contribution is 2.27. The molecule has 0 amide bonds. The predicted octanol–water partition coefficient (Wildman–Crippen LogP) is 3.79. The average Bonchev–Trinajstić information content (AvgIpc) is 2.87. The first kappa shape index (κ1) is 10.1. The monoisotopic (exact) mass is 222 g/mol. The van der Waals surface area contributed by atoms with Crippen molar-refractivity contribution in [1.29, 1.82) is 0 Å². The van der Waals surface area contributed by atoms with Crippen molar-refractivity contribution in [2.45, 2.75) is 13.3 Å². The maximum absolute atomic E-state index is 4.31. The molecule has 2 heterocycles. The third-order valence-electron chi connectivity index (χ3n) is 3.11. The van der Waals surface area contributed by atoms with Crippen molar-refractivity contribution in [3.8, 4) is 11.1 Å². The minimum absolute atomic E-state index is 0.949. The van der Waals surface area contributed by atoms with Gasteiger partial charge in [0.2, 0.25) is 0 Å². The number of aromatic amines is 1.